The summed E-state index contributed by atoms with van der Waals surface area (Å²) >= 11 is 12.4. The zero-order valence-electron chi connectivity index (χ0n) is 13.8. The fraction of sp³-hybridized carbons (Fsp3) is 0.0435. The van der Waals surface area contributed by atoms with Gasteiger partial charge in [-0.25, -0.2) is 0 Å². The van der Waals surface area contributed by atoms with Crippen LogP contribution in [0.25, 0.3) is 33.0 Å². The number of hydrogen-bond acceptors (Lipinski definition) is 0. The highest BCUT2D eigenvalue weighted by Gasteiger charge is 2.11. The predicted molar refractivity (Wildman–Crippen MR) is 110 cm³/mol. The maximum absolute atomic E-state index is 6.27. The van der Waals surface area contributed by atoms with Gasteiger partial charge in [0.15, 0.2) is 0 Å². The van der Waals surface area contributed by atoms with Crippen LogP contribution in [-0.2, 0) is 0 Å². The molecule has 0 aromatic heterocycles. The molecule has 0 aliphatic heterocycles. The Balaban J connectivity index is 2.01. The highest BCUT2D eigenvalue weighted by Crippen LogP contribution is 2.37. The van der Waals surface area contributed by atoms with Crippen molar-refractivity contribution in [3.63, 3.8) is 0 Å². The molecule has 0 nitrogen and oxygen atoms in total. The van der Waals surface area contributed by atoms with E-state index in [2.05, 4.69) is 67.6 Å². The summed E-state index contributed by atoms with van der Waals surface area (Å²) in [6.45, 7) is 2.10. The molecule has 0 N–H and O–H groups in total. The van der Waals surface area contributed by atoms with Gasteiger partial charge in [0.25, 0.3) is 0 Å². The summed E-state index contributed by atoms with van der Waals surface area (Å²) in [4.78, 5) is 0. The minimum atomic E-state index is 0.571. The fourth-order valence-corrected chi connectivity index (χ4v) is 3.41. The Morgan fingerprint density at radius 1 is 0.560 bits per heavy atom. The molecular formula is C23H16Cl2. The smallest absolute Gasteiger partial charge is 0.0598 e. The third kappa shape index (κ3) is 3.16. The van der Waals surface area contributed by atoms with Gasteiger partial charge in [-0.2, -0.15) is 0 Å². The molecule has 0 saturated heterocycles. The first-order valence-electron chi connectivity index (χ1n) is 8.17. The molecule has 0 aliphatic rings. The molecule has 4 rings (SSSR count). The van der Waals surface area contributed by atoms with Gasteiger partial charge >= 0.3 is 0 Å². The van der Waals surface area contributed by atoms with Gasteiger partial charge in [-0.3, -0.25) is 0 Å². The lowest BCUT2D eigenvalue weighted by molar-refractivity contribution is 1.47. The molecule has 0 saturated carbocycles. The van der Waals surface area contributed by atoms with E-state index in [0.29, 0.717) is 10.0 Å². The number of halogens is 2. The molecule has 0 unspecified atom stereocenters. The van der Waals surface area contributed by atoms with Gasteiger partial charge in [-0.15, -0.1) is 0 Å². The highest BCUT2D eigenvalue weighted by atomic mass is 35.5. The van der Waals surface area contributed by atoms with E-state index in [-0.39, 0.29) is 0 Å². The van der Waals surface area contributed by atoms with Crippen LogP contribution in [0.4, 0.5) is 0 Å². The molecule has 2 heteroatoms. The van der Waals surface area contributed by atoms with Crippen molar-refractivity contribution in [2.45, 2.75) is 6.92 Å². The topological polar surface area (TPSA) is 0 Å². The lowest BCUT2D eigenvalue weighted by Gasteiger charge is -2.13. The average molecular weight is 363 g/mol. The van der Waals surface area contributed by atoms with Crippen molar-refractivity contribution in [3.8, 4) is 22.3 Å². The van der Waals surface area contributed by atoms with E-state index in [9.17, 15) is 0 Å². The molecule has 0 heterocycles. The SMILES string of the molecule is Cc1ccc(-c2cc3ccccc3cc2-c2ccc(Cl)c(Cl)c2)cc1. The van der Waals surface area contributed by atoms with Gasteiger partial charge in [-0.1, -0.05) is 83.4 Å². The van der Waals surface area contributed by atoms with Crippen molar-refractivity contribution >= 4 is 34.0 Å². The second kappa shape index (κ2) is 6.55. The van der Waals surface area contributed by atoms with Gasteiger partial charge in [0, 0.05) is 0 Å². The second-order valence-corrected chi connectivity index (χ2v) is 7.05. The zero-order chi connectivity index (χ0) is 17.4. The average Bonchev–Trinajstić information content (AvgIpc) is 2.63. The van der Waals surface area contributed by atoms with E-state index < -0.39 is 0 Å². The molecule has 4 aromatic rings. The maximum atomic E-state index is 6.27. The molecule has 0 aliphatic carbocycles. The maximum Gasteiger partial charge on any atom is 0.0598 e. The van der Waals surface area contributed by atoms with Crippen molar-refractivity contribution in [2.75, 3.05) is 0 Å². The van der Waals surface area contributed by atoms with Crippen molar-refractivity contribution in [1.82, 2.24) is 0 Å². The number of benzene rings is 4. The highest BCUT2D eigenvalue weighted by molar-refractivity contribution is 6.42. The van der Waals surface area contributed by atoms with Crippen molar-refractivity contribution in [1.29, 1.82) is 0 Å². The minimum Gasteiger partial charge on any atom is -0.0827 e. The summed E-state index contributed by atoms with van der Waals surface area (Å²) in [7, 11) is 0. The molecule has 0 spiro atoms. The summed E-state index contributed by atoms with van der Waals surface area (Å²) in [5.74, 6) is 0. The van der Waals surface area contributed by atoms with E-state index in [1.165, 1.54) is 27.5 Å². The Bertz CT molecular complexity index is 1060. The number of aryl methyl sites for hydroxylation is 1. The minimum absolute atomic E-state index is 0.571. The van der Waals surface area contributed by atoms with Crippen LogP contribution < -0.4 is 0 Å². The lowest BCUT2D eigenvalue weighted by atomic mass is 9.91. The van der Waals surface area contributed by atoms with E-state index in [4.69, 9.17) is 23.2 Å². The summed E-state index contributed by atoms with van der Waals surface area (Å²) in [6, 6.07) is 27.3. The number of rotatable bonds is 2. The summed E-state index contributed by atoms with van der Waals surface area (Å²) in [5.41, 5.74) is 5.85. The van der Waals surface area contributed by atoms with Gasteiger partial charge in [0.05, 0.1) is 10.0 Å². The molecule has 0 radical (unpaired) electrons. The van der Waals surface area contributed by atoms with E-state index in [1.54, 1.807) is 0 Å². The molecule has 25 heavy (non-hydrogen) atoms. The Kier molecular flexibility index (Phi) is 4.25. The Labute approximate surface area is 157 Å². The van der Waals surface area contributed by atoms with Crippen LogP contribution in [0.1, 0.15) is 5.56 Å². The van der Waals surface area contributed by atoms with E-state index in [1.807, 2.05) is 18.2 Å². The Hall–Kier alpha value is -2.28. The molecular weight excluding hydrogens is 347 g/mol. The van der Waals surface area contributed by atoms with Crippen LogP contribution in [0.15, 0.2) is 78.9 Å². The largest absolute Gasteiger partial charge is 0.0827 e. The lowest BCUT2D eigenvalue weighted by Crippen LogP contribution is -1.87. The van der Waals surface area contributed by atoms with E-state index in [0.717, 1.165) is 11.1 Å². The van der Waals surface area contributed by atoms with Crippen molar-refractivity contribution in [3.05, 3.63) is 94.5 Å². The van der Waals surface area contributed by atoms with Gasteiger partial charge in [-0.05, 0) is 64.2 Å². The Morgan fingerprint density at radius 3 is 1.72 bits per heavy atom. The third-order valence-electron chi connectivity index (χ3n) is 4.48. The van der Waals surface area contributed by atoms with Crippen LogP contribution in [-0.4, -0.2) is 0 Å². The number of hydrogen-bond donors (Lipinski definition) is 0. The van der Waals surface area contributed by atoms with Crippen molar-refractivity contribution < 1.29 is 0 Å². The van der Waals surface area contributed by atoms with Gasteiger partial charge in [0.1, 0.15) is 0 Å². The van der Waals surface area contributed by atoms with Crippen LogP contribution in [0.3, 0.4) is 0 Å². The van der Waals surface area contributed by atoms with Gasteiger partial charge in [0.2, 0.25) is 0 Å². The standard InChI is InChI=1S/C23H16Cl2/c1-15-6-8-16(9-7-15)20-12-17-4-2-3-5-18(17)13-21(20)19-10-11-22(24)23(25)14-19/h2-14H,1H3. The summed E-state index contributed by atoms with van der Waals surface area (Å²) in [5, 5.41) is 3.58. The predicted octanol–water partition coefficient (Wildman–Crippen LogP) is 7.79. The molecule has 0 bridgehead atoms. The third-order valence-corrected chi connectivity index (χ3v) is 5.22. The van der Waals surface area contributed by atoms with Gasteiger partial charge < -0.3 is 0 Å². The zero-order valence-corrected chi connectivity index (χ0v) is 15.3. The first-order chi connectivity index (χ1) is 12.1. The molecule has 4 aromatic carbocycles. The first kappa shape index (κ1) is 16.2. The fourth-order valence-electron chi connectivity index (χ4n) is 3.11. The quantitative estimate of drug-likeness (QED) is 0.341. The van der Waals surface area contributed by atoms with Crippen LogP contribution in [0.2, 0.25) is 10.0 Å². The Morgan fingerprint density at radius 2 is 1.12 bits per heavy atom. The van der Waals surface area contributed by atoms with Crippen LogP contribution in [0, 0.1) is 6.92 Å². The molecule has 0 fully saturated rings. The van der Waals surface area contributed by atoms with Crippen LogP contribution in [0.5, 0.6) is 0 Å². The monoisotopic (exact) mass is 362 g/mol. The first-order valence-corrected chi connectivity index (χ1v) is 8.93. The molecule has 0 atom stereocenters. The molecule has 122 valence electrons. The summed E-state index contributed by atoms with van der Waals surface area (Å²) in [6.07, 6.45) is 0. The van der Waals surface area contributed by atoms with Crippen LogP contribution >= 0.6 is 23.2 Å². The molecule has 0 amide bonds. The second-order valence-electron chi connectivity index (χ2n) is 6.24. The number of fused-ring (bicyclic) bond motifs is 1. The van der Waals surface area contributed by atoms with Crippen molar-refractivity contribution in [2.24, 2.45) is 0 Å². The van der Waals surface area contributed by atoms with E-state index >= 15 is 0 Å². The summed E-state index contributed by atoms with van der Waals surface area (Å²) < 4.78 is 0. The normalized spacial score (nSPS) is 11.0.